The van der Waals surface area contributed by atoms with E-state index in [2.05, 4.69) is 10.6 Å². The third-order valence-electron chi connectivity index (χ3n) is 4.15. The Labute approximate surface area is 132 Å². The van der Waals surface area contributed by atoms with Gasteiger partial charge in [-0.2, -0.15) is 5.26 Å². The minimum absolute atomic E-state index is 0.119. The Balaban J connectivity index is 2.04. The number of nitrogens with one attached hydrogen (secondary N) is 2. The smallest absolute Gasteiger partial charge is 0.263 e. The fourth-order valence-electron chi connectivity index (χ4n) is 2.85. The van der Waals surface area contributed by atoms with Crippen molar-refractivity contribution in [1.29, 1.82) is 5.26 Å². The number of nitriles is 1. The first kappa shape index (κ1) is 16.1. The molecule has 1 aromatic rings. The summed E-state index contributed by atoms with van der Waals surface area (Å²) in [6.07, 6.45) is 7.06. The summed E-state index contributed by atoms with van der Waals surface area (Å²) in [5.74, 6) is -0.284. The number of benzene rings is 1. The fourth-order valence-corrected chi connectivity index (χ4v) is 2.85. The van der Waals surface area contributed by atoms with E-state index in [0.717, 1.165) is 42.5 Å². The van der Waals surface area contributed by atoms with Crippen LogP contribution in [-0.4, -0.2) is 11.9 Å². The Morgan fingerprint density at radius 3 is 2.45 bits per heavy atom. The number of carbonyl (C=O) groups is 1. The molecule has 1 saturated carbocycles. The van der Waals surface area contributed by atoms with E-state index in [4.69, 9.17) is 0 Å². The zero-order valence-corrected chi connectivity index (χ0v) is 13.3. The Bertz CT molecular complexity index is 587. The van der Waals surface area contributed by atoms with Gasteiger partial charge in [0.15, 0.2) is 0 Å². The van der Waals surface area contributed by atoms with Crippen LogP contribution >= 0.6 is 0 Å². The summed E-state index contributed by atoms with van der Waals surface area (Å²) in [5, 5.41) is 15.3. The molecule has 0 radical (unpaired) electrons. The average molecular weight is 297 g/mol. The molecule has 1 amide bonds. The maximum atomic E-state index is 12.2. The molecule has 0 aromatic heterocycles. The van der Waals surface area contributed by atoms with Crippen LogP contribution in [0.4, 0.5) is 5.69 Å². The Hall–Kier alpha value is -2.28. The Morgan fingerprint density at radius 2 is 1.86 bits per heavy atom. The van der Waals surface area contributed by atoms with Crippen molar-refractivity contribution in [3.63, 3.8) is 0 Å². The molecule has 1 aliphatic rings. The lowest BCUT2D eigenvalue weighted by atomic mass is 9.95. The van der Waals surface area contributed by atoms with Gasteiger partial charge < -0.3 is 10.6 Å². The summed E-state index contributed by atoms with van der Waals surface area (Å²) in [6.45, 7) is 3.99. The zero-order valence-electron chi connectivity index (χ0n) is 13.3. The first-order valence-corrected chi connectivity index (χ1v) is 7.85. The van der Waals surface area contributed by atoms with E-state index in [1.807, 2.05) is 38.1 Å². The van der Waals surface area contributed by atoms with Gasteiger partial charge in [0.25, 0.3) is 5.91 Å². The van der Waals surface area contributed by atoms with Crippen molar-refractivity contribution in [2.45, 2.75) is 52.0 Å². The molecule has 0 spiro atoms. The van der Waals surface area contributed by atoms with E-state index >= 15 is 0 Å². The van der Waals surface area contributed by atoms with Crippen LogP contribution in [0, 0.1) is 25.2 Å². The van der Waals surface area contributed by atoms with Crippen molar-refractivity contribution in [2.75, 3.05) is 5.32 Å². The summed E-state index contributed by atoms with van der Waals surface area (Å²) in [5.41, 5.74) is 3.23. The van der Waals surface area contributed by atoms with Crippen LogP contribution in [0.2, 0.25) is 0 Å². The van der Waals surface area contributed by atoms with Crippen LogP contribution < -0.4 is 10.6 Å². The molecule has 4 heteroatoms. The van der Waals surface area contributed by atoms with E-state index in [1.54, 1.807) is 0 Å². The lowest BCUT2D eigenvalue weighted by Gasteiger charge is -2.22. The summed E-state index contributed by atoms with van der Waals surface area (Å²) < 4.78 is 0. The SMILES string of the molecule is Cc1cccc(C)c1N/C=C(/C#N)C(=O)NC1CCCCC1. The molecule has 0 aliphatic heterocycles. The van der Waals surface area contributed by atoms with E-state index in [-0.39, 0.29) is 17.5 Å². The van der Waals surface area contributed by atoms with Crippen LogP contribution in [0.5, 0.6) is 0 Å². The molecular formula is C18H23N3O. The number of hydrogen-bond donors (Lipinski definition) is 2. The van der Waals surface area contributed by atoms with Crippen molar-refractivity contribution in [3.8, 4) is 6.07 Å². The van der Waals surface area contributed by atoms with Gasteiger partial charge in [-0.25, -0.2) is 0 Å². The number of hydrogen-bond acceptors (Lipinski definition) is 3. The molecule has 2 N–H and O–H groups in total. The molecule has 4 nitrogen and oxygen atoms in total. The molecule has 0 bridgehead atoms. The summed E-state index contributed by atoms with van der Waals surface area (Å²) in [6, 6.07) is 8.18. The first-order chi connectivity index (χ1) is 10.6. The summed E-state index contributed by atoms with van der Waals surface area (Å²) in [4.78, 5) is 12.2. The Morgan fingerprint density at radius 1 is 1.23 bits per heavy atom. The predicted molar refractivity (Wildman–Crippen MR) is 88.3 cm³/mol. The highest BCUT2D eigenvalue weighted by atomic mass is 16.1. The average Bonchev–Trinajstić information content (AvgIpc) is 2.51. The molecule has 2 rings (SSSR count). The number of rotatable bonds is 4. The third-order valence-corrected chi connectivity index (χ3v) is 4.15. The van der Waals surface area contributed by atoms with Crippen molar-refractivity contribution in [1.82, 2.24) is 5.32 Å². The lowest BCUT2D eigenvalue weighted by molar-refractivity contribution is -0.118. The van der Waals surface area contributed by atoms with Gasteiger partial charge in [-0.1, -0.05) is 37.5 Å². The number of anilines is 1. The summed E-state index contributed by atoms with van der Waals surface area (Å²) in [7, 11) is 0. The van der Waals surface area contributed by atoms with E-state index in [1.165, 1.54) is 12.6 Å². The molecular weight excluding hydrogens is 274 g/mol. The van der Waals surface area contributed by atoms with E-state index < -0.39 is 0 Å². The van der Waals surface area contributed by atoms with Crippen LogP contribution in [0.15, 0.2) is 30.0 Å². The van der Waals surface area contributed by atoms with Crippen molar-refractivity contribution in [3.05, 3.63) is 41.1 Å². The van der Waals surface area contributed by atoms with Crippen molar-refractivity contribution in [2.24, 2.45) is 0 Å². The fraction of sp³-hybridized carbons (Fsp3) is 0.444. The quantitative estimate of drug-likeness (QED) is 0.659. The molecule has 1 aliphatic carbocycles. The van der Waals surface area contributed by atoms with Gasteiger partial charge in [0, 0.05) is 17.9 Å². The topological polar surface area (TPSA) is 64.9 Å². The molecule has 0 saturated heterocycles. The highest BCUT2D eigenvalue weighted by molar-refractivity contribution is 5.97. The molecule has 0 atom stereocenters. The maximum Gasteiger partial charge on any atom is 0.263 e. The highest BCUT2D eigenvalue weighted by Gasteiger charge is 2.18. The molecule has 116 valence electrons. The van der Waals surface area contributed by atoms with E-state index in [9.17, 15) is 10.1 Å². The first-order valence-electron chi connectivity index (χ1n) is 7.85. The molecule has 1 fully saturated rings. The Kier molecular flexibility index (Phi) is 5.60. The van der Waals surface area contributed by atoms with Gasteiger partial charge in [-0.05, 0) is 37.8 Å². The molecule has 1 aromatic carbocycles. The second kappa shape index (κ2) is 7.65. The van der Waals surface area contributed by atoms with Crippen LogP contribution in [0.25, 0.3) is 0 Å². The number of aryl methyl sites for hydroxylation is 2. The highest BCUT2D eigenvalue weighted by Crippen LogP contribution is 2.20. The predicted octanol–water partition coefficient (Wildman–Crippen LogP) is 3.57. The number of para-hydroxylation sites is 1. The summed E-state index contributed by atoms with van der Waals surface area (Å²) >= 11 is 0. The van der Waals surface area contributed by atoms with Gasteiger partial charge >= 0.3 is 0 Å². The largest absolute Gasteiger partial charge is 0.360 e. The van der Waals surface area contributed by atoms with Crippen molar-refractivity contribution < 1.29 is 4.79 Å². The van der Waals surface area contributed by atoms with Gasteiger partial charge in [-0.15, -0.1) is 0 Å². The molecule has 22 heavy (non-hydrogen) atoms. The van der Waals surface area contributed by atoms with Crippen molar-refractivity contribution >= 4 is 11.6 Å². The van der Waals surface area contributed by atoms with Crippen LogP contribution in [0.3, 0.4) is 0 Å². The number of carbonyl (C=O) groups excluding carboxylic acids is 1. The molecule has 0 heterocycles. The standard InChI is InChI=1S/C18H23N3O/c1-13-7-6-8-14(2)17(13)20-12-15(11-19)18(22)21-16-9-4-3-5-10-16/h6-8,12,16,20H,3-5,9-10H2,1-2H3,(H,21,22)/b15-12-. The second-order valence-electron chi connectivity index (χ2n) is 5.89. The number of amides is 1. The zero-order chi connectivity index (χ0) is 15.9. The normalized spacial score (nSPS) is 16.0. The minimum Gasteiger partial charge on any atom is -0.360 e. The van der Waals surface area contributed by atoms with Crippen LogP contribution in [-0.2, 0) is 4.79 Å². The minimum atomic E-state index is -0.284. The lowest BCUT2D eigenvalue weighted by Crippen LogP contribution is -2.37. The second-order valence-corrected chi connectivity index (χ2v) is 5.89. The van der Waals surface area contributed by atoms with E-state index in [0.29, 0.717) is 0 Å². The van der Waals surface area contributed by atoms with Gasteiger partial charge in [0.05, 0.1) is 0 Å². The maximum absolute atomic E-state index is 12.2. The third kappa shape index (κ3) is 4.11. The monoisotopic (exact) mass is 297 g/mol. The van der Waals surface area contributed by atoms with Gasteiger partial charge in [0.2, 0.25) is 0 Å². The molecule has 0 unspecified atom stereocenters. The number of nitrogens with zero attached hydrogens (tertiary/aromatic N) is 1. The van der Waals surface area contributed by atoms with Gasteiger partial charge in [0.1, 0.15) is 11.6 Å². The van der Waals surface area contributed by atoms with Gasteiger partial charge in [-0.3, -0.25) is 4.79 Å². The van der Waals surface area contributed by atoms with Crippen LogP contribution in [0.1, 0.15) is 43.2 Å².